The number of rotatable bonds is 2. The van der Waals surface area contributed by atoms with E-state index in [1.165, 1.54) is 24.0 Å². The first-order valence-corrected chi connectivity index (χ1v) is 10.5. The SMILES string of the molecule is Cc1ccc(C2c3[nH]c4ccc(Cl)cc4c3CCN2c2nc(N)nc(C(F)(F)F)n2)c(F)c1F. The predicted octanol–water partition coefficient (Wildman–Crippen LogP) is 5.35. The number of aromatic nitrogens is 4. The molecule has 3 N–H and O–H groups in total. The molecule has 1 atom stereocenters. The smallest absolute Gasteiger partial charge is 0.368 e. The lowest BCUT2D eigenvalue weighted by Crippen LogP contribution is -2.38. The molecule has 0 spiro atoms. The summed E-state index contributed by atoms with van der Waals surface area (Å²) in [5.74, 6) is -4.67. The van der Waals surface area contributed by atoms with Crippen molar-refractivity contribution in [2.75, 3.05) is 17.2 Å². The fraction of sp³-hybridized carbons (Fsp3) is 0.227. The Balaban J connectivity index is 1.76. The molecule has 1 aliphatic rings. The van der Waals surface area contributed by atoms with Gasteiger partial charge in [0.25, 0.3) is 0 Å². The summed E-state index contributed by atoms with van der Waals surface area (Å²) in [6.07, 6.45) is -4.52. The standard InChI is InChI=1S/C22H16ClF5N6/c1-9-2-4-12(16(25)15(9)24)18-17-11(13-8-10(23)3-5-14(13)30-17)6-7-34(18)21-32-19(22(26,27)28)31-20(29)33-21/h2-5,8,18,30H,6-7H2,1H3,(H2,29,31,32,33). The topological polar surface area (TPSA) is 83.7 Å². The van der Waals surface area contributed by atoms with Gasteiger partial charge in [-0.3, -0.25) is 0 Å². The molecule has 1 aliphatic heterocycles. The van der Waals surface area contributed by atoms with Crippen molar-refractivity contribution in [1.29, 1.82) is 0 Å². The zero-order valence-corrected chi connectivity index (χ0v) is 18.3. The van der Waals surface area contributed by atoms with Gasteiger partial charge in [-0.15, -0.1) is 0 Å². The van der Waals surface area contributed by atoms with Gasteiger partial charge in [0.15, 0.2) is 11.6 Å². The van der Waals surface area contributed by atoms with Crippen molar-refractivity contribution in [2.45, 2.75) is 25.6 Å². The van der Waals surface area contributed by atoms with Crippen LogP contribution in [0.3, 0.4) is 0 Å². The zero-order valence-electron chi connectivity index (χ0n) is 17.5. The minimum absolute atomic E-state index is 0.0887. The number of hydrogen-bond acceptors (Lipinski definition) is 5. The highest BCUT2D eigenvalue weighted by molar-refractivity contribution is 6.31. The van der Waals surface area contributed by atoms with Crippen molar-refractivity contribution in [3.63, 3.8) is 0 Å². The second-order valence-electron chi connectivity index (χ2n) is 7.97. The van der Waals surface area contributed by atoms with Crippen LogP contribution in [0.5, 0.6) is 0 Å². The van der Waals surface area contributed by atoms with Crippen LogP contribution in [0.25, 0.3) is 10.9 Å². The van der Waals surface area contributed by atoms with Crippen molar-refractivity contribution in [3.8, 4) is 0 Å². The second kappa shape index (κ2) is 7.79. The third kappa shape index (κ3) is 3.60. The highest BCUT2D eigenvalue weighted by atomic mass is 35.5. The lowest BCUT2D eigenvalue weighted by atomic mass is 9.91. The first-order chi connectivity index (χ1) is 16.0. The highest BCUT2D eigenvalue weighted by Crippen LogP contribution is 2.42. The number of H-pyrrole nitrogens is 1. The van der Waals surface area contributed by atoms with Crippen molar-refractivity contribution in [2.24, 2.45) is 0 Å². The molecular weight excluding hydrogens is 479 g/mol. The van der Waals surface area contributed by atoms with Gasteiger partial charge in [-0.2, -0.15) is 28.1 Å². The van der Waals surface area contributed by atoms with Gasteiger partial charge in [0.1, 0.15) is 6.04 Å². The molecule has 0 fully saturated rings. The summed E-state index contributed by atoms with van der Waals surface area (Å²) in [7, 11) is 0. The summed E-state index contributed by atoms with van der Waals surface area (Å²) in [4.78, 5) is 15.2. The van der Waals surface area contributed by atoms with E-state index in [1.54, 1.807) is 18.2 Å². The van der Waals surface area contributed by atoms with Crippen LogP contribution in [0.1, 0.15) is 34.3 Å². The lowest BCUT2D eigenvalue weighted by molar-refractivity contribution is -0.144. The van der Waals surface area contributed by atoms with Gasteiger partial charge in [0.2, 0.25) is 17.7 Å². The van der Waals surface area contributed by atoms with Crippen LogP contribution in [0.15, 0.2) is 30.3 Å². The molecule has 1 unspecified atom stereocenters. The maximum atomic E-state index is 15.2. The van der Waals surface area contributed by atoms with Crippen molar-refractivity contribution < 1.29 is 22.0 Å². The van der Waals surface area contributed by atoms with Crippen molar-refractivity contribution >= 4 is 34.4 Å². The number of nitrogens with zero attached hydrogens (tertiary/aromatic N) is 4. The van der Waals surface area contributed by atoms with Crippen LogP contribution >= 0.6 is 11.6 Å². The van der Waals surface area contributed by atoms with E-state index in [0.29, 0.717) is 22.7 Å². The van der Waals surface area contributed by atoms with E-state index < -0.39 is 41.6 Å². The summed E-state index contributed by atoms with van der Waals surface area (Å²) in [6.45, 7) is 1.52. The van der Waals surface area contributed by atoms with E-state index in [4.69, 9.17) is 17.3 Å². The van der Waals surface area contributed by atoms with Crippen LogP contribution in [-0.2, 0) is 12.6 Å². The predicted molar refractivity (Wildman–Crippen MR) is 117 cm³/mol. The molecule has 34 heavy (non-hydrogen) atoms. The Morgan fingerprint density at radius 1 is 1.09 bits per heavy atom. The molecule has 4 aromatic rings. The Labute approximate surface area is 194 Å². The fourth-order valence-corrected chi connectivity index (χ4v) is 4.48. The first kappa shape index (κ1) is 22.3. The van der Waals surface area contributed by atoms with Crippen LogP contribution in [0.4, 0.5) is 33.8 Å². The van der Waals surface area contributed by atoms with E-state index >= 15 is 4.39 Å². The molecule has 3 heterocycles. The van der Waals surface area contributed by atoms with E-state index in [2.05, 4.69) is 19.9 Å². The minimum atomic E-state index is -4.87. The van der Waals surface area contributed by atoms with Gasteiger partial charge < -0.3 is 15.6 Å². The van der Waals surface area contributed by atoms with Crippen molar-refractivity contribution in [3.05, 3.63) is 75.2 Å². The number of benzene rings is 2. The summed E-state index contributed by atoms with van der Waals surface area (Å²) < 4.78 is 69.8. The summed E-state index contributed by atoms with van der Waals surface area (Å²) >= 11 is 6.16. The molecule has 5 rings (SSSR count). The number of hydrogen-bond donors (Lipinski definition) is 2. The summed E-state index contributed by atoms with van der Waals surface area (Å²) in [5.41, 5.74) is 7.51. The molecular formula is C22H16ClF5N6. The Kier molecular flexibility index (Phi) is 5.12. The molecule has 0 aliphatic carbocycles. The van der Waals surface area contributed by atoms with Crippen molar-refractivity contribution in [1.82, 2.24) is 19.9 Å². The molecule has 176 valence electrons. The van der Waals surface area contributed by atoms with Gasteiger partial charge in [-0.1, -0.05) is 23.7 Å². The van der Waals surface area contributed by atoms with E-state index in [9.17, 15) is 17.6 Å². The molecule has 0 amide bonds. The Morgan fingerprint density at radius 3 is 2.59 bits per heavy atom. The van der Waals surface area contributed by atoms with E-state index in [1.807, 2.05) is 0 Å². The molecule has 0 radical (unpaired) electrons. The third-order valence-electron chi connectivity index (χ3n) is 5.84. The molecule has 0 saturated carbocycles. The first-order valence-electron chi connectivity index (χ1n) is 10.1. The number of nitrogens with one attached hydrogen (secondary N) is 1. The van der Waals surface area contributed by atoms with Gasteiger partial charge in [-0.05, 0) is 42.7 Å². The van der Waals surface area contributed by atoms with Crippen LogP contribution in [0, 0.1) is 18.6 Å². The summed E-state index contributed by atoms with van der Waals surface area (Å²) in [6, 6.07) is 6.90. The number of aromatic amines is 1. The Morgan fingerprint density at radius 2 is 1.85 bits per heavy atom. The number of halogens is 6. The molecule has 12 heteroatoms. The summed E-state index contributed by atoms with van der Waals surface area (Å²) in [5, 5.41) is 1.27. The largest absolute Gasteiger partial charge is 0.451 e. The Bertz CT molecular complexity index is 1430. The van der Waals surface area contributed by atoms with E-state index in [-0.39, 0.29) is 17.7 Å². The lowest BCUT2D eigenvalue weighted by Gasteiger charge is -2.36. The van der Waals surface area contributed by atoms with Crippen LogP contribution < -0.4 is 10.6 Å². The van der Waals surface area contributed by atoms with Gasteiger partial charge >= 0.3 is 6.18 Å². The van der Waals surface area contributed by atoms with Crippen LogP contribution in [0.2, 0.25) is 5.02 Å². The number of aryl methyl sites for hydroxylation is 1. The van der Waals surface area contributed by atoms with E-state index in [0.717, 1.165) is 10.9 Å². The highest BCUT2D eigenvalue weighted by Gasteiger charge is 2.39. The number of nitrogens with two attached hydrogens (primary N) is 1. The molecule has 6 nitrogen and oxygen atoms in total. The minimum Gasteiger partial charge on any atom is -0.368 e. The van der Waals surface area contributed by atoms with Crippen LogP contribution in [-0.4, -0.2) is 26.5 Å². The molecule has 0 bridgehead atoms. The molecule has 0 saturated heterocycles. The number of fused-ring (bicyclic) bond motifs is 3. The number of anilines is 2. The third-order valence-corrected chi connectivity index (χ3v) is 6.08. The average Bonchev–Trinajstić information content (AvgIpc) is 3.14. The molecule has 2 aromatic carbocycles. The average molecular weight is 495 g/mol. The maximum Gasteiger partial charge on any atom is 0.451 e. The quantitative estimate of drug-likeness (QED) is 0.367. The normalized spacial score (nSPS) is 16.2. The Hall–Kier alpha value is -3.47. The second-order valence-corrected chi connectivity index (χ2v) is 8.40. The number of alkyl halides is 3. The van der Waals surface area contributed by atoms with Gasteiger partial charge in [0.05, 0.1) is 0 Å². The van der Waals surface area contributed by atoms with Gasteiger partial charge in [0, 0.05) is 33.7 Å². The molecule has 2 aromatic heterocycles. The maximum absolute atomic E-state index is 15.2. The van der Waals surface area contributed by atoms with Gasteiger partial charge in [-0.25, -0.2) is 8.78 Å². The fourth-order valence-electron chi connectivity index (χ4n) is 4.31. The number of nitrogen functional groups attached to an aromatic ring is 1. The zero-order chi connectivity index (χ0) is 24.4. The monoisotopic (exact) mass is 494 g/mol.